The first-order valence-corrected chi connectivity index (χ1v) is 10.2. The minimum Gasteiger partial charge on any atom is -0.293 e. The van der Waals surface area contributed by atoms with Gasteiger partial charge in [-0.1, -0.05) is 60.9 Å². The zero-order valence-electron chi connectivity index (χ0n) is 16.2. The largest absolute Gasteiger partial charge is 0.293 e. The highest BCUT2D eigenvalue weighted by Gasteiger charge is 2.45. The molecule has 5 rings (SSSR count). The quantitative estimate of drug-likeness (QED) is 0.670. The van der Waals surface area contributed by atoms with Crippen LogP contribution in [0, 0.1) is 5.82 Å². The molecule has 0 saturated heterocycles. The number of ketones is 1. The minimum atomic E-state index is -0.338. The van der Waals surface area contributed by atoms with Gasteiger partial charge in [0.2, 0.25) is 0 Å². The van der Waals surface area contributed by atoms with Gasteiger partial charge in [0.15, 0.2) is 5.78 Å². The first-order valence-electron chi connectivity index (χ1n) is 10.2. The van der Waals surface area contributed by atoms with Crippen LogP contribution in [0.1, 0.15) is 53.7 Å². The van der Waals surface area contributed by atoms with Crippen LogP contribution in [0.25, 0.3) is 5.69 Å². The number of fused-ring (bicyclic) bond motifs is 2. The van der Waals surface area contributed by atoms with E-state index in [2.05, 4.69) is 21.3 Å². The highest BCUT2D eigenvalue weighted by Crippen LogP contribution is 2.46. The van der Waals surface area contributed by atoms with Crippen LogP contribution in [-0.2, 0) is 12.1 Å². The molecule has 29 heavy (non-hydrogen) atoms. The lowest BCUT2D eigenvalue weighted by Gasteiger charge is -2.49. The van der Waals surface area contributed by atoms with Crippen molar-refractivity contribution in [3.8, 4) is 5.69 Å². The predicted octanol–water partition coefficient (Wildman–Crippen LogP) is 4.26. The summed E-state index contributed by atoms with van der Waals surface area (Å²) in [7, 11) is 0. The molecule has 1 fully saturated rings. The van der Waals surface area contributed by atoms with Crippen LogP contribution in [0.15, 0.2) is 54.7 Å². The zero-order valence-corrected chi connectivity index (χ0v) is 16.2. The second-order valence-electron chi connectivity index (χ2n) is 8.02. The number of halogens is 1. The van der Waals surface area contributed by atoms with Gasteiger partial charge >= 0.3 is 0 Å². The molecule has 0 atom stereocenters. The monoisotopic (exact) mass is 390 g/mol. The summed E-state index contributed by atoms with van der Waals surface area (Å²) >= 11 is 0. The minimum absolute atomic E-state index is 0.134. The van der Waals surface area contributed by atoms with Crippen LogP contribution in [0.2, 0.25) is 0 Å². The van der Waals surface area contributed by atoms with Crippen LogP contribution in [0.3, 0.4) is 0 Å². The first kappa shape index (κ1) is 18.2. The summed E-state index contributed by atoms with van der Waals surface area (Å²) in [5.74, 6) is -0.187. The summed E-state index contributed by atoms with van der Waals surface area (Å²) in [4.78, 5) is 15.1. The number of benzene rings is 2. The van der Waals surface area contributed by atoms with Crippen molar-refractivity contribution < 1.29 is 9.18 Å². The van der Waals surface area contributed by atoms with Gasteiger partial charge in [0, 0.05) is 17.6 Å². The molecular weight excluding hydrogens is 367 g/mol. The molecule has 0 radical (unpaired) electrons. The molecule has 0 N–H and O–H groups in total. The van der Waals surface area contributed by atoms with Crippen LogP contribution in [0.4, 0.5) is 4.39 Å². The van der Waals surface area contributed by atoms with Gasteiger partial charge in [-0.15, -0.1) is 5.10 Å². The van der Waals surface area contributed by atoms with Gasteiger partial charge < -0.3 is 0 Å². The Hall–Kier alpha value is -2.86. The Bertz CT molecular complexity index is 1050. The van der Waals surface area contributed by atoms with Gasteiger partial charge in [-0.05, 0) is 30.5 Å². The molecule has 0 unspecified atom stereocenters. The Balaban J connectivity index is 1.49. The first-order chi connectivity index (χ1) is 14.2. The summed E-state index contributed by atoms with van der Waals surface area (Å²) in [6, 6.07) is 14.6. The molecule has 2 aliphatic rings. The fourth-order valence-corrected chi connectivity index (χ4v) is 4.96. The number of hydrogen-bond acceptors (Lipinski definition) is 4. The van der Waals surface area contributed by atoms with E-state index in [-0.39, 0.29) is 17.1 Å². The Morgan fingerprint density at radius 1 is 1.00 bits per heavy atom. The van der Waals surface area contributed by atoms with E-state index in [0.717, 1.165) is 42.5 Å². The number of para-hydroxylation sites is 1. The second kappa shape index (κ2) is 7.19. The molecule has 1 saturated carbocycles. The maximum absolute atomic E-state index is 14.1. The molecule has 5 nitrogen and oxygen atoms in total. The number of carbonyl (C=O) groups excluding carboxylic acids is 1. The van der Waals surface area contributed by atoms with Crippen molar-refractivity contribution in [1.29, 1.82) is 0 Å². The maximum Gasteiger partial charge on any atom is 0.177 e. The van der Waals surface area contributed by atoms with Crippen LogP contribution >= 0.6 is 0 Å². The van der Waals surface area contributed by atoms with E-state index < -0.39 is 0 Å². The molecule has 1 aromatic heterocycles. The van der Waals surface area contributed by atoms with Crippen molar-refractivity contribution in [2.45, 2.75) is 44.2 Å². The third-order valence-corrected chi connectivity index (χ3v) is 6.34. The normalized spacial score (nSPS) is 18.7. The molecule has 6 heteroatoms. The Morgan fingerprint density at radius 2 is 1.76 bits per heavy atom. The number of carbonyl (C=O) groups is 1. The molecule has 1 aliphatic heterocycles. The Labute approximate surface area is 169 Å². The number of aromatic nitrogens is 3. The summed E-state index contributed by atoms with van der Waals surface area (Å²) in [6.45, 7) is 0.901. The molecule has 2 heterocycles. The Morgan fingerprint density at radius 3 is 2.59 bits per heavy atom. The van der Waals surface area contributed by atoms with E-state index in [9.17, 15) is 9.18 Å². The maximum atomic E-state index is 14.1. The van der Waals surface area contributed by atoms with E-state index in [1.165, 1.54) is 17.2 Å². The molecule has 1 spiro atoms. The van der Waals surface area contributed by atoms with Crippen molar-refractivity contribution in [3.05, 3.63) is 77.4 Å². The van der Waals surface area contributed by atoms with Crippen molar-refractivity contribution in [2.24, 2.45) is 0 Å². The lowest BCUT2D eigenvalue weighted by molar-refractivity contribution is 0.0272. The average Bonchev–Trinajstić information content (AvgIpc) is 3.21. The van der Waals surface area contributed by atoms with E-state index in [4.69, 9.17) is 0 Å². The van der Waals surface area contributed by atoms with Gasteiger partial charge in [0.05, 0.1) is 18.4 Å². The molecular formula is C23H23FN4O. The van der Waals surface area contributed by atoms with E-state index >= 15 is 0 Å². The number of nitrogens with zero attached hydrogens (tertiary/aromatic N) is 4. The molecule has 3 aromatic rings. The van der Waals surface area contributed by atoms with Crippen LogP contribution in [-0.4, -0.2) is 32.2 Å². The van der Waals surface area contributed by atoms with Gasteiger partial charge in [-0.25, -0.2) is 9.07 Å². The third-order valence-electron chi connectivity index (χ3n) is 6.34. The lowest BCUT2D eigenvalue weighted by atomic mass is 9.71. The standard InChI is InChI=1S/C23H23FN4O/c24-20-10-4-5-11-21(20)28-15-17(25-26-28)14-27-16-22(29)18-8-2-3-9-19(18)23(27)12-6-1-7-13-23/h2-5,8-11,15H,1,6-7,12-14,16H2. The van der Waals surface area contributed by atoms with E-state index in [1.54, 1.807) is 24.4 Å². The second-order valence-corrected chi connectivity index (χ2v) is 8.02. The van der Waals surface area contributed by atoms with Crippen molar-refractivity contribution >= 4 is 5.78 Å². The van der Waals surface area contributed by atoms with Gasteiger partial charge in [-0.2, -0.15) is 0 Å². The zero-order chi connectivity index (χ0) is 19.8. The SMILES string of the molecule is O=C1CN(Cc2cn(-c3ccccc3F)nn2)C2(CCCCC2)c2ccccc21. The fourth-order valence-electron chi connectivity index (χ4n) is 4.96. The average molecular weight is 390 g/mol. The number of rotatable bonds is 3. The number of hydrogen-bond donors (Lipinski definition) is 0. The van der Waals surface area contributed by atoms with Crippen molar-refractivity contribution in [2.75, 3.05) is 6.54 Å². The third kappa shape index (κ3) is 3.08. The molecule has 0 amide bonds. The summed E-state index contributed by atoms with van der Waals surface area (Å²) in [6.07, 6.45) is 7.38. The predicted molar refractivity (Wildman–Crippen MR) is 107 cm³/mol. The van der Waals surface area contributed by atoms with Gasteiger partial charge in [0.25, 0.3) is 0 Å². The van der Waals surface area contributed by atoms with Crippen molar-refractivity contribution in [1.82, 2.24) is 19.9 Å². The van der Waals surface area contributed by atoms with Crippen LogP contribution < -0.4 is 0 Å². The summed E-state index contributed by atoms with van der Waals surface area (Å²) in [5, 5.41) is 8.40. The summed E-state index contributed by atoms with van der Waals surface area (Å²) in [5.41, 5.74) is 2.99. The van der Waals surface area contributed by atoms with Crippen molar-refractivity contribution in [3.63, 3.8) is 0 Å². The fraction of sp³-hybridized carbons (Fsp3) is 0.348. The topological polar surface area (TPSA) is 51.0 Å². The highest BCUT2D eigenvalue weighted by atomic mass is 19.1. The lowest BCUT2D eigenvalue weighted by Crippen LogP contribution is -2.53. The molecule has 148 valence electrons. The van der Waals surface area contributed by atoms with E-state index in [0.29, 0.717) is 18.8 Å². The molecule has 1 aliphatic carbocycles. The Kier molecular flexibility index (Phi) is 4.51. The van der Waals surface area contributed by atoms with Gasteiger partial charge in [0.1, 0.15) is 11.5 Å². The summed E-state index contributed by atoms with van der Waals surface area (Å²) < 4.78 is 15.6. The number of Topliss-reactive ketones (excluding diaryl/α,β-unsaturated/α-hetero) is 1. The van der Waals surface area contributed by atoms with Gasteiger partial charge in [-0.3, -0.25) is 9.69 Å². The smallest absolute Gasteiger partial charge is 0.177 e. The molecule has 2 aromatic carbocycles. The molecule has 0 bridgehead atoms. The van der Waals surface area contributed by atoms with E-state index in [1.807, 2.05) is 18.2 Å². The highest BCUT2D eigenvalue weighted by molar-refractivity contribution is 6.00. The van der Waals surface area contributed by atoms with Crippen LogP contribution in [0.5, 0.6) is 0 Å².